The first-order valence-electron chi connectivity index (χ1n) is 10.1. The second-order valence-electron chi connectivity index (χ2n) is 8.26. The first kappa shape index (κ1) is 22.1. The number of nitrogens with one attached hydrogen (secondary N) is 2. The quantitative estimate of drug-likeness (QED) is 0.367. The van der Waals surface area contributed by atoms with E-state index >= 15 is 0 Å². The van der Waals surface area contributed by atoms with Crippen LogP contribution in [0.2, 0.25) is 5.02 Å². The van der Waals surface area contributed by atoms with Gasteiger partial charge < -0.3 is 15.4 Å². The molecule has 0 spiro atoms. The molecule has 2 aromatic carbocycles. The molecule has 1 aromatic heterocycles. The molecule has 7 heteroatoms. The van der Waals surface area contributed by atoms with Crippen LogP contribution in [-0.4, -0.2) is 24.3 Å². The minimum atomic E-state index is -0.301. The van der Waals surface area contributed by atoms with Gasteiger partial charge in [0.25, 0.3) is 5.91 Å². The average molecular weight is 467 g/mol. The number of hydrogen-bond donors (Lipinski definition) is 2. The Morgan fingerprint density at radius 3 is 2.72 bits per heavy atom. The summed E-state index contributed by atoms with van der Waals surface area (Å²) in [6, 6.07) is 14.5. The molecule has 0 saturated heterocycles. The molecular weight excluding hydrogens is 444 g/mol. The summed E-state index contributed by atoms with van der Waals surface area (Å²) >= 11 is 7.32. The fourth-order valence-electron chi connectivity index (χ4n) is 3.76. The largest absolute Gasteiger partial charge is 0.497 e. The number of hydrogen-bond acceptors (Lipinski definition) is 5. The minimum absolute atomic E-state index is 0.163. The van der Waals surface area contributed by atoms with E-state index in [1.165, 1.54) is 11.3 Å². The van der Waals surface area contributed by atoms with E-state index in [9.17, 15) is 9.59 Å². The topological polar surface area (TPSA) is 67.4 Å². The van der Waals surface area contributed by atoms with Crippen LogP contribution in [0.5, 0.6) is 5.75 Å². The van der Waals surface area contributed by atoms with Crippen LogP contribution >= 0.6 is 22.9 Å². The number of methoxy groups -OCH3 is 1. The number of carbonyl (C=O) groups excluding carboxylic acids is 2. The van der Waals surface area contributed by atoms with Crippen molar-refractivity contribution in [2.45, 2.75) is 25.8 Å². The smallest absolute Gasteiger partial charge is 0.267 e. The Kier molecular flexibility index (Phi) is 6.09. The lowest BCUT2D eigenvalue weighted by Gasteiger charge is -2.35. The van der Waals surface area contributed by atoms with Crippen LogP contribution in [-0.2, 0) is 6.42 Å². The predicted molar refractivity (Wildman–Crippen MR) is 130 cm³/mol. The van der Waals surface area contributed by atoms with Crippen LogP contribution in [0.15, 0.2) is 60.0 Å². The van der Waals surface area contributed by atoms with Crippen molar-refractivity contribution in [2.24, 2.45) is 0 Å². The Bertz CT molecular complexity index is 1230. The number of carbonyl (C=O) groups is 2. The standard InChI is InChI=1S/C25H23ClN2O3S/c1-25(2)14-16-7-8-18(31-3)12-19(16)21(28-25)13-22(29)15-5-4-6-17(11-15)27-24(30)23-20(26)9-10-32-23/h4-13,28H,14H2,1-3H3,(H,27,30)/b21-13-. The third-order valence-corrected chi connectivity index (χ3v) is 6.56. The van der Waals surface area contributed by atoms with Gasteiger partial charge in [-0.05, 0) is 61.5 Å². The van der Waals surface area contributed by atoms with Gasteiger partial charge in [-0.1, -0.05) is 29.8 Å². The fourth-order valence-corrected chi connectivity index (χ4v) is 4.80. The van der Waals surface area contributed by atoms with Crippen molar-refractivity contribution in [3.8, 4) is 5.75 Å². The van der Waals surface area contributed by atoms with Crippen LogP contribution < -0.4 is 15.4 Å². The zero-order chi connectivity index (χ0) is 22.9. The van der Waals surface area contributed by atoms with Gasteiger partial charge in [-0.3, -0.25) is 9.59 Å². The Hall–Kier alpha value is -3.09. The normalized spacial score (nSPS) is 15.6. The van der Waals surface area contributed by atoms with Gasteiger partial charge in [-0.15, -0.1) is 11.3 Å². The van der Waals surface area contributed by atoms with E-state index < -0.39 is 0 Å². The lowest BCUT2D eigenvalue weighted by molar-refractivity contribution is 0.102. The number of ether oxygens (including phenoxy) is 1. The average Bonchev–Trinajstić information content (AvgIpc) is 3.19. The Morgan fingerprint density at radius 2 is 2.00 bits per heavy atom. The molecule has 1 aliphatic rings. The second-order valence-corrected chi connectivity index (χ2v) is 9.59. The Labute approximate surface area is 196 Å². The molecule has 32 heavy (non-hydrogen) atoms. The molecule has 0 fully saturated rings. The van der Waals surface area contributed by atoms with Crippen LogP contribution in [0, 0.1) is 0 Å². The van der Waals surface area contributed by atoms with Crippen molar-refractivity contribution in [1.29, 1.82) is 0 Å². The van der Waals surface area contributed by atoms with Crippen LogP contribution in [0.4, 0.5) is 5.69 Å². The van der Waals surface area contributed by atoms with E-state index in [0.717, 1.165) is 29.0 Å². The molecule has 1 amide bonds. The van der Waals surface area contributed by atoms with Gasteiger partial charge in [0.15, 0.2) is 5.78 Å². The summed E-state index contributed by atoms with van der Waals surface area (Å²) in [6.45, 7) is 4.20. The monoisotopic (exact) mass is 466 g/mol. The van der Waals surface area contributed by atoms with Gasteiger partial charge in [0.05, 0.1) is 12.1 Å². The van der Waals surface area contributed by atoms with Crippen LogP contribution in [0.1, 0.15) is 45.0 Å². The molecule has 4 rings (SSSR count). The maximum Gasteiger partial charge on any atom is 0.267 e. The highest BCUT2D eigenvalue weighted by Crippen LogP contribution is 2.32. The number of anilines is 1. The third-order valence-electron chi connectivity index (χ3n) is 5.22. The second kappa shape index (κ2) is 8.81. The van der Waals surface area contributed by atoms with Crippen molar-refractivity contribution in [3.63, 3.8) is 0 Å². The Morgan fingerprint density at radius 1 is 1.19 bits per heavy atom. The number of rotatable bonds is 5. The van der Waals surface area contributed by atoms with E-state index in [4.69, 9.17) is 16.3 Å². The van der Waals surface area contributed by atoms with E-state index in [2.05, 4.69) is 24.5 Å². The molecule has 2 N–H and O–H groups in total. The summed E-state index contributed by atoms with van der Waals surface area (Å²) in [5.74, 6) is 0.273. The van der Waals surface area contributed by atoms with Gasteiger partial charge in [0, 0.05) is 34.1 Å². The molecule has 0 saturated carbocycles. The van der Waals surface area contributed by atoms with E-state index in [1.807, 2.05) is 18.2 Å². The number of amides is 1. The minimum Gasteiger partial charge on any atom is -0.497 e. The molecule has 2 heterocycles. The highest BCUT2D eigenvalue weighted by Gasteiger charge is 2.28. The lowest BCUT2D eigenvalue weighted by atomic mass is 9.85. The number of fused-ring (bicyclic) bond motifs is 1. The third kappa shape index (κ3) is 4.71. The van der Waals surface area contributed by atoms with E-state index in [0.29, 0.717) is 21.2 Å². The highest BCUT2D eigenvalue weighted by atomic mass is 35.5. The predicted octanol–water partition coefficient (Wildman–Crippen LogP) is 5.81. The molecule has 1 aliphatic heterocycles. The van der Waals surface area contributed by atoms with Gasteiger partial charge in [-0.25, -0.2) is 0 Å². The van der Waals surface area contributed by atoms with Crippen molar-refractivity contribution < 1.29 is 14.3 Å². The molecular formula is C25H23ClN2O3S. The van der Waals surface area contributed by atoms with Crippen molar-refractivity contribution >= 4 is 46.0 Å². The van der Waals surface area contributed by atoms with E-state index in [1.54, 1.807) is 48.9 Å². The number of thiophene rings is 1. The summed E-state index contributed by atoms with van der Waals surface area (Å²) < 4.78 is 5.37. The summed E-state index contributed by atoms with van der Waals surface area (Å²) in [7, 11) is 1.62. The number of halogens is 1. The molecule has 0 unspecified atom stereocenters. The Balaban J connectivity index is 1.62. The molecule has 0 atom stereocenters. The van der Waals surface area contributed by atoms with Gasteiger partial charge >= 0.3 is 0 Å². The molecule has 3 aromatic rings. The van der Waals surface area contributed by atoms with Gasteiger partial charge in [0.2, 0.25) is 0 Å². The number of ketones is 1. The van der Waals surface area contributed by atoms with Gasteiger partial charge in [0.1, 0.15) is 10.6 Å². The highest BCUT2D eigenvalue weighted by molar-refractivity contribution is 7.12. The molecule has 0 bridgehead atoms. The van der Waals surface area contributed by atoms with Gasteiger partial charge in [-0.2, -0.15) is 0 Å². The summed E-state index contributed by atoms with van der Waals surface area (Å²) in [6.07, 6.45) is 2.45. The first-order chi connectivity index (χ1) is 15.3. The molecule has 5 nitrogen and oxygen atoms in total. The molecule has 0 radical (unpaired) electrons. The lowest BCUT2D eigenvalue weighted by Crippen LogP contribution is -2.43. The number of benzene rings is 2. The zero-order valence-corrected chi connectivity index (χ0v) is 19.6. The summed E-state index contributed by atoms with van der Waals surface area (Å²) in [5, 5.41) is 8.45. The van der Waals surface area contributed by atoms with Crippen molar-refractivity contribution in [1.82, 2.24) is 5.32 Å². The van der Waals surface area contributed by atoms with E-state index in [-0.39, 0.29) is 17.2 Å². The molecule has 164 valence electrons. The number of allylic oxidation sites excluding steroid dienone is 1. The first-order valence-corrected chi connectivity index (χ1v) is 11.4. The molecule has 0 aliphatic carbocycles. The summed E-state index contributed by atoms with van der Waals surface area (Å²) in [4.78, 5) is 26.0. The van der Waals surface area contributed by atoms with Crippen molar-refractivity contribution in [3.05, 3.63) is 86.6 Å². The van der Waals surface area contributed by atoms with Crippen LogP contribution in [0.25, 0.3) is 5.70 Å². The van der Waals surface area contributed by atoms with Crippen LogP contribution in [0.3, 0.4) is 0 Å². The maximum atomic E-state index is 13.1. The van der Waals surface area contributed by atoms with Crippen molar-refractivity contribution in [2.75, 3.05) is 12.4 Å². The zero-order valence-electron chi connectivity index (χ0n) is 18.0. The fraction of sp³-hybridized carbons (Fsp3) is 0.200. The maximum absolute atomic E-state index is 13.1. The SMILES string of the molecule is COc1ccc2c(c1)/C(=C/C(=O)c1cccc(NC(=O)c3sccc3Cl)c1)NC(C)(C)C2. The summed E-state index contributed by atoms with van der Waals surface area (Å²) in [5.41, 5.74) is 3.67.